The molecule has 0 spiro atoms. The number of nitrogens with zero attached hydrogens (tertiary/aromatic N) is 1. The van der Waals surface area contributed by atoms with Crippen LogP contribution in [-0.4, -0.2) is 11.6 Å². The van der Waals surface area contributed by atoms with Gasteiger partial charge in [-0.15, -0.1) is 0 Å². The summed E-state index contributed by atoms with van der Waals surface area (Å²) in [6.07, 6.45) is 4.03. The fraction of sp³-hybridized carbons (Fsp3) is 0.909. The summed E-state index contributed by atoms with van der Waals surface area (Å²) in [5.41, 5.74) is -0.280. The van der Waals surface area contributed by atoms with E-state index in [-0.39, 0.29) is 5.54 Å². The molecule has 0 saturated heterocycles. The molecule has 76 valence electrons. The second-order valence-corrected chi connectivity index (χ2v) is 3.99. The summed E-state index contributed by atoms with van der Waals surface area (Å²) in [6, 6.07) is 2.82. The molecule has 0 bridgehead atoms. The average Bonchev–Trinajstić information content (AvgIpc) is 2.04. The number of rotatable bonds is 6. The topological polar surface area (TPSA) is 35.8 Å². The molecule has 0 amide bonds. The van der Waals surface area contributed by atoms with E-state index in [9.17, 15) is 5.26 Å². The maximum Gasteiger partial charge on any atom is 0.106 e. The molecule has 0 aliphatic rings. The summed E-state index contributed by atoms with van der Waals surface area (Å²) >= 11 is 0. The van der Waals surface area contributed by atoms with Crippen molar-refractivity contribution in [3.05, 3.63) is 0 Å². The third kappa shape index (κ3) is 4.28. The molecule has 13 heavy (non-hydrogen) atoms. The van der Waals surface area contributed by atoms with E-state index < -0.39 is 0 Å². The largest absolute Gasteiger partial charge is 0.297 e. The minimum absolute atomic E-state index is 0.280. The molecule has 0 aliphatic heterocycles. The highest BCUT2D eigenvalue weighted by Crippen LogP contribution is 2.19. The number of nitrogens with one attached hydrogen (secondary N) is 1. The van der Waals surface area contributed by atoms with E-state index in [2.05, 4.69) is 39.1 Å². The molecule has 0 aromatic heterocycles. The summed E-state index contributed by atoms with van der Waals surface area (Å²) in [5, 5.41) is 12.6. The highest BCUT2D eigenvalue weighted by Gasteiger charge is 2.27. The number of hydrogen-bond acceptors (Lipinski definition) is 2. The van der Waals surface area contributed by atoms with Gasteiger partial charge in [0, 0.05) is 6.04 Å². The van der Waals surface area contributed by atoms with Crippen LogP contribution in [0.3, 0.4) is 0 Å². The summed E-state index contributed by atoms with van der Waals surface area (Å²) in [5.74, 6) is 0. The Morgan fingerprint density at radius 3 is 1.92 bits per heavy atom. The molecule has 0 unspecified atom stereocenters. The Balaban J connectivity index is 4.36. The van der Waals surface area contributed by atoms with Crippen LogP contribution in [0.25, 0.3) is 0 Å². The van der Waals surface area contributed by atoms with Crippen molar-refractivity contribution in [3.63, 3.8) is 0 Å². The van der Waals surface area contributed by atoms with Gasteiger partial charge in [0.15, 0.2) is 0 Å². The highest BCUT2D eigenvalue weighted by molar-refractivity contribution is 5.07. The van der Waals surface area contributed by atoms with E-state index in [4.69, 9.17) is 0 Å². The molecule has 0 aromatic carbocycles. The summed E-state index contributed by atoms with van der Waals surface area (Å²) in [7, 11) is 0. The zero-order valence-electron chi connectivity index (χ0n) is 9.35. The Bertz CT molecular complexity index is 161. The lowest BCUT2D eigenvalue weighted by Crippen LogP contribution is -2.47. The minimum atomic E-state index is -0.280. The monoisotopic (exact) mass is 182 g/mol. The van der Waals surface area contributed by atoms with E-state index >= 15 is 0 Å². The Hall–Kier alpha value is -0.550. The van der Waals surface area contributed by atoms with Gasteiger partial charge in [0.1, 0.15) is 5.54 Å². The van der Waals surface area contributed by atoms with Crippen molar-refractivity contribution in [2.75, 3.05) is 0 Å². The lowest BCUT2D eigenvalue weighted by molar-refractivity contribution is 0.327. The first-order valence-electron chi connectivity index (χ1n) is 5.29. The van der Waals surface area contributed by atoms with Gasteiger partial charge in [0.25, 0.3) is 0 Å². The van der Waals surface area contributed by atoms with Crippen LogP contribution in [0.1, 0.15) is 53.4 Å². The summed E-state index contributed by atoms with van der Waals surface area (Å²) < 4.78 is 0. The van der Waals surface area contributed by atoms with E-state index in [1.165, 1.54) is 0 Å². The first-order chi connectivity index (χ1) is 6.10. The maximum atomic E-state index is 9.18. The highest BCUT2D eigenvalue weighted by atomic mass is 15.0. The molecule has 0 aliphatic carbocycles. The van der Waals surface area contributed by atoms with Gasteiger partial charge < -0.3 is 0 Å². The Labute approximate surface area is 82.3 Å². The van der Waals surface area contributed by atoms with Crippen LogP contribution >= 0.6 is 0 Å². The normalized spacial score (nSPS) is 11.7. The Morgan fingerprint density at radius 1 is 1.23 bits per heavy atom. The summed E-state index contributed by atoms with van der Waals surface area (Å²) in [6.45, 7) is 8.45. The predicted octanol–water partition coefficient (Wildman–Crippen LogP) is 2.85. The van der Waals surface area contributed by atoms with Gasteiger partial charge in [-0.25, -0.2) is 0 Å². The smallest absolute Gasteiger partial charge is 0.106 e. The van der Waals surface area contributed by atoms with Crippen molar-refractivity contribution in [1.29, 1.82) is 5.26 Å². The van der Waals surface area contributed by atoms with E-state index in [0.717, 1.165) is 25.7 Å². The van der Waals surface area contributed by atoms with Gasteiger partial charge in [-0.3, -0.25) is 5.32 Å². The zero-order valence-corrected chi connectivity index (χ0v) is 9.35. The standard InChI is InChI=1S/C11H22N2/c1-5-7-11(9-12,8-6-2)13-10(3)4/h10,13H,5-8H2,1-4H3. The second kappa shape index (κ2) is 5.99. The molecule has 0 atom stereocenters. The molecule has 0 fully saturated rings. The van der Waals surface area contributed by atoms with Gasteiger partial charge in [-0.1, -0.05) is 26.7 Å². The number of hydrogen-bond donors (Lipinski definition) is 1. The first kappa shape index (κ1) is 12.4. The molecule has 1 N–H and O–H groups in total. The van der Waals surface area contributed by atoms with E-state index in [1.807, 2.05) is 0 Å². The van der Waals surface area contributed by atoms with Crippen molar-refractivity contribution in [2.45, 2.75) is 65.0 Å². The molecule has 0 rings (SSSR count). The van der Waals surface area contributed by atoms with Crippen LogP contribution in [0.5, 0.6) is 0 Å². The lowest BCUT2D eigenvalue weighted by atomic mass is 9.89. The van der Waals surface area contributed by atoms with Crippen molar-refractivity contribution in [1.82, 2.24) is 5.32 Å². The first-order valence-corrected chi connectivity index (χ1v) is 5.29. The van der Waals surface area contributed by atoms with Gasteiger partial charge in [0.05, 0.1) is 6.07 Å². The van der Waals surface area contributed by atoms with Crippen molar-refractivity contribution in [3.8, 4) is 6.07 Å². The molecule has 0 aromatic rings. The van der Waals surface area contributed by atoms with Crippen LogP contribution in [-0.2, 0) is 0 Å². The lowest BCUT2D eigenvalue weighted by Gasteiger charge is -2.29. The van der Waals surface area contributed by atoms with Crippen LogP contribution in [0.15, 0.2) is 0 Å². The quantitative estimate of drug-likeness (QED) is 0.685. The van der Waals surface area contributed by atoms with Crippen LogP contribution < -0.4 is 5.32 Å². The minimum Gasteiger partial charge on any atom is -0.297 e. The van der Waals surface area contributed by atoms with Crippen molar-refractivity contribution >= 4 is 0 Å². The fourth-order valence-electron chi connectivity index (χ4n) is 1.82. The van der Waals surface area contributed by atoms with Crippen molar-refractivity contribution in [2.24, 2.45) is 0 Å². The molecule has 0 heterocycles. The third-order valence-electron chi connectivity index (χ3n) is 2.13. The molecular formula is C11H22N2. The third-order valence-corrected chi connectivity index (χ3v) is 2.13. The van der Waals surface area contributed by atoms with Gasteiger partial charge in [-0.2, -0.15) is 5.26 Å². The molecule has 2 nitrogen and oxygen atoms in total. The molecular weight excluding hydrogens is 160 g/mol. The zero-order chi connectivity index (χ0) is 10.3. The van der Waals surface area contributed by atoms with Gasteiger partial charge >= 0.3 is 0 Å². The Morgan fingerprint density at radius 2 is 1.69 bits per heavy atom. The van der Waals surface area contributed by atoms with Crippen LogP contribution in [0, 0.1) is 11.3 Å². The fourth-order valence-corrected chi connectivity index (χ4v) is 1.82. The molecule has 2 heteroatoms. The predicted molar refractivity (Wildman–Crippen MR) is 56.4 cm³/mol. The Kier molecular flexibility index (Phi) is 5.73. The molecule has 0 saturated carbocycles. The van der Waals surface area contributed by atoms with E-state index in [1.54, 1.807) is 0 Å². The van der Waals surface area contributed by atoms with Gasteiger partial charge in [-0.05, 0) is 26.7 Å². The van der Waals surface area contributed by atoms with Crippen LogP contribution in [0.2, 0.25) is 0 Å². The van der Waals surface area contributed by atoms with E-state index in [0.29, 0.717) is 6.04 Å². The SMILES string of the molecule is CCCC(C#N)(CCC)NC(C)C. The average molecular weight is 182 g/mol. The van der Waals surface area contributed by atoms with Crippen LogP contribution in [0.4, 0.5) is 0 Å². The second-order valence-electron chi connectivity index (χ2n) is 3.99. The van der Waals surface area contributed by atoms with Crippen molar-refractivity contribution < 1.29 is 0 Å². The molecule has 0 radical (unpaired) electrons. The summed E-state index contributed by atoms with van der Waals surface area (Å²) in [4.78, 5) is 0. The van der Waals surface area contributed by atoms with Gasteiger partial charge in [0.2, 0.25) is 0 Å². The number of nitriles is 1. The maximum absolute atomic E-state index is 9.18.